The molecule has 97 heavy (non-hydrogen) atoms. The highest BCUT2D eigenvalue weighted by molar-refractivity contribution is 5.79. The molecule has 11 aliphatic rings. The van der Waals surface area contributed by atoms with Gasteiger partial charge in [0.05, 0.1) is 50.2 Å². The van der Waals surface area contributed by atoms with Gasteiger partial charge in [-0.25, -0.2) is 0 Å². The number of allylic oxidation sites excluding steroid dienone is 2. The maximum atomic E-state index is 15.3. The van der Waals surface area contributed by atoms with E-state index in [-0.39, 0.29) is 34.0 Å². The summed E-state index contributed by atoms with van der Waals surface area (Å²) in [5.41, 5.74) is -1.55. The molecule has 31 nitrogen and oxygen atoms in total. The van der Waals surface area contributed by atoms with Crippen LogP contribution in [0.5, 0.6) is 0 Å². The maximum Gasteiger partial charge on any atom is 0.315 e. The molecule has 558 valence electrons. The van der Waals surface area contributed by atoms with Crippen LogP contribution in [0, 0.1) is 50.2 Å². The van der Waals surface area contributed by atoms with E-state index >= 15 is 4.79 Å². The van der Waals surface area contributed by atoms with Crippen molar-refractivity contribution in [3.8, 4) is 0 Å². The van der Waals surface area contributed by atoms with Crippen molar-refractivity contribution in [2.45, 2.75) is 317 Å². The first-order valence-electron chi connectivity index (χ1n) is 34.6. The SMILES string of the molecule is CC1OC(OC2C(C)OC(OCC3OC(OC4C(CO)OC(OC5CCC6(C)C(CCC7(C)C6CC=C6C8CC(C)(C)CCC8(C(=O)OC8OC(CO)C(O)C(OC9OC(CO)C(O)C(O)C9O)C8O)CCC67C)C5(C)C)C(O)C4O)C(O)C(O)C3O)C(O)C2O)C(O)C(O)C1O. The summed E-state index contributed by atoms with van der Waals surface area (Å²) in [5, 5.41) is 196. The number of aliphatic hydroxyl groups excluding tert-OH is 18. The molecule has 38 atom stereocenters. The van der Waals surface area contributed by atoms with E-state index in [2.05, 4.69) is 54.5 Å². The Morgan fingerprint density at radius 2 is 0.948 bits per heavy atom. The van der Waals surface area contributed by atoms with Gasteiger partial charge in [-0.2, -0.15) is 0 Å². The Labute approximate surface area is 563 Å². The number of aliphatic hydroxyl groups is 18. The van der Waals surface area contributed by atoms with Crippen molar-refractivity contribution in [1.29, 1.82) is 0 Å². The third kappa shape index (κ3) is 13.2. The second-order valence-corrected chi connectivity index (χ2v) is 31.9. The largest absolute Gasteiger partial charge is 0.432 e. The summed E-state index contributed by atoms with van der Waals surface area (Å²) in [4.78, 5) is 15.3. The average molecular weight is 1400 g/mol. The summed E-state index contributed by atoms with van der Waals surface area (Å²) < 4.78 is 71.0. The minimum absolute atomic E-state index is 0.0671. The molecular weight excluding hydrogens is 1290 g/mol. The van der Waals surface area contributed by atoms with Gasteiger partial charge < -0.3 is 149 Å². The lowest BCUT2D eigenvalue weighted by Gasteiger charge is -2.71. The quantitative estimate of drug-likeness (QED) is 0.0395. The summed E-state index contributed by atoms with van der Waals surface area (Å²) >= 11 is 0. The highest BCUT2D eigenvalue weighted by atomic mass is 16.8. The smallest absolute Gasteiger partial charge is 0.315 e. The minimum Gasteiger partial charge on any atom is -0.432 e. The van der Waals surface area contributed by atoms with Gasteiger partial charge in [-0.15, -0.1) is 0 Å². The van der Waals surface area contributed by atoms with E-state index in [9.17, 15) is 91.9 Å². The molecule has 0 amide bonds. The second kappa shape index (κ2) is 28.5. The molecule has 0 spiro atoms. The first kappa shape index (κ1) is 76.2. The normalized spacial score (nSPS) is 54.5. The molecule has 0 aromatic heterocycles. The molecule has 6 saturated heterocycles. The number of ether oxygens (including phenoxy) is 12. The molecule has 31 heteroatoms. The number of carbonyl (C=O) groups excluding carboxylic acids is 1. The van der Waals surface area contributed by atoms with Crippen LogP contribution in [0.1, 0.15) is 127 Å². The van der Waals surface area contributed by atoms with Gasteiger partial charge in [0.1, 0.15) is 134 Å². The van der Waals surface area contributed by atoms with Crippen molar-refractivity contribution >= 4 is 5.97 Å². The van der Waals surface area contributed by atoms with E-state index in [1.165, 1.54) is 19.4 Å². The van der Waals surface area contributed by atoms with Crippen LogP contribution in [0.2, 0.25) is 0 Å². The van der Waals surface area contributed by atoms with E-state index < -0.39 is 239 Å². The zero-order valence-corrected chi connectivity index (χ0v) is 56.5. The lowest BCUT2D eigenvalue weighted by Crippen LogP contribution is -2.67. The zero-order valence-electron chi connectivity index (χ0n) is 56.5. The van der Waals surface area contributed by atoms with Crippen molar-refractivity contribution < 1.29 is 154 Å². The van der Waals surface area contributed by atoms with E-state index in [1.807, 2.05) is 0 Å². The third-order valence-corrected chi connectivity index (χ3v) is 25.5. The topological polar surface area (TPSA) is 492 Å². The lowest BCUT2D eigenvalue weighted by atomic mass is 9.33. The molecule has 6 aliphatic heterocycles. The molecule has 11 rings (SSSR count). The van der Waals surface area contributed by atoms with Crippen LogP contribution in [0.4, 0.5) is 0 Å². The van der Waals surface area contributed by atoms with Gasteiger partial charge in [-0.05, 0) is 123 Å². The number of carbonyl (C=O) groups is 1. The number of fused-ring (bicyclic) bond motifs is 7. The van der Waals surface area contributed by atoms with Gasteiger partial charge in [0, 0.05) is 0 Å². The molecule has 38 unspecified atom stereocenters. The summed E-state index contributed by atoms with van der Waals surface area (Å²) in [6, 6.07) is 0. The molecule has 0 aromatic carbocycles. The third-order valence-electron chi connectivity index (χ3n) is 25.5. The predicted molar refractivity (Wildman–Crippen MR) is 325 cm³/mol. The maximum absolute atomic E-state index is 15.3. The number of hydrogen-bond donors (Lipinski definition) is 18. The van der Waals surface area contributed by atoms with Crippen molar-refractivity contribution in [1.82, 2.24) is 0 Å². The fourth-order valence-electron chi connectivity index (χ4n) is 19.3. The average Bonchev–Trinajstić information content (AvgIpc) is 0.676. The fourth-order valence-corrected chi connectivity index (χ4v) is 19.3. The van der Waals surface area contributed by atoms with Gasteiger partial charge in [0.2, 0.25) is 6.29 Å². The van der Waals surface area contributed by atoms with E-state index in [4.69, 9.17) is 56.8 Å². The lowest BCUT2D eigenvalue weighted by molar-refractivity contribution is -0.375. The van der Waals surface area contributed by atoms with Crippen LogP contribution in [0.25, 0.3) is 0 Å². The number of esters is 1. The Bertz CT molecular complexity index is 2730. The zero-order chi connectivity index (χ0) is 70.9. The Morgan fingerprint density at radius 1 is 0.454 bits per heavy atom. The molecular formula is C66H108O31. The molecule has 18 N–H and O–H groups in total. The Hall–Kier alpha value is -1.95. The van der Waals surface area contributed by atoms with Crippen molar-refractivity contribution in [2.75, 3.05) is 26.4 Å². The molecule has 0 bridgehead atoms. The highest BCUT2D eigenvalue weighted by Crippen LogP contribution is 2.76. The van der Waals surface area contributed by atoms with Crippen LogP contribution in [0.3, 0.4) is 0 Å². The van der Waals surface area contributed by atoms with Crippen molar-refractivity contribution in [2.24, 2.45) is 50.2 Å². The van der Waals surface area contributed by atoms with Crippen LogP contribution in [-0.4, -0.2) is 315 Å². The van der Waals surface area contributed by atoms with Crippen LogP contribution < -0.4 is 0 Å². The van der Waals surface area contributed by atoms with E-state index in [0.717, 1.165) is 12.8 Å². The van der Waals surface area contributed by atoms with Gasteiger partial charge in [-0.1, -0.05) is 60.1 Å². The van der Waals surface area contributed by atoms with Crippen molar-refractivity contribution in [3.05, 3.63) is 11.6 Å². The first-order chi connectivity index (χ1) is 45.4. The molecule has 0 aromatic rings. The summed E-state index contributed by atoms with van der Waals surface area (Å²) in [7, 11) is 0. The molecule has 0 radical (unpaired) electrons. The predicted octanol–water partition coefficient (Wildman–Crippen LogP) is -4.33. The van der Waals surface area contributed by atoms with Crippen molar-refractivity contribution in [3.63, 3.8) is 0 Å². The first-order valence-corrected chi connectivity index (χ1v) is 34.6. The summed E-state index contributed by atoms with van der Waals surface area (Å²) in [6.45, 7) is 15.6. The van der Waals surface area contributed by atoms with E-state index in [0.29, 0.717) is 51.4 Å². The minimum atomic E-state index is -1.97. The van der Waals surface area contributed by atoms with Gasteiger partial charge in [-0.3, -0.25) is 4.79 Å². The highest BCUT2D eigenvalue weighted by Gasteiger charge is 2.71. The Balaban J connectivity index is 0.734. The Kier molecular flexibility index (Phi) is 22.4. The molecule has 5 aliphatic carbocycles. The molecule has 4 saturated carbocycles. The monoisotopic (exact) mass is 1400 g/mol. The van der Waals surface area contributed by atoms with Crippen LogP contribution >= 0.6 is 0 Å². The van der Waals surface area contributed by atoms with Gasteiger partial charge >= 0.3 is 5.97 Å². The van der Waals surface area contributed by atoms with Gasteiger partial charge in [0.25, 0.3) is 0 Å². The standard InChI is InChI=1S/C66H108O31/c1-25-36(70)40(74)45(79)55(87-25)94-51-26(2)88-54(48(82)43(51)77)86-24-32-38(72)42(76)47(81)58(92-32)95-52-31(23-69)91-56(49(83)44(52)78)93-35-13-14-63(7)33(62(35,5)6)12-15-65(9)34(63)11-10-27-28-20-61(3,4)16-18-66(28,19-17-64(27,65)8)60(85)97-59-50(84)53(39(73)30(22-68)90-59)96-57-46(80)41(75)37(71)29(21-67)89-57/h10,25-26,28-59,67-84H,11-24H2,1-9H3. The number of rotatable bonds is 16. The second-order valence-electron chi connectivity index (χ2n) is 31.9. The van der Waals surface area contributed by atoms with Crippen LogP contribution in [-0.2, 0) is 61.6 Å². The number of hydrogen-bond acceptors (Lipinski definition) is 31. The summed E-state index contributed by atoms with van der Waals surface area (Å²) in [6.07, 6.45) is -41.0. The summed E-state index contributed by atoms with van der Waals surface area (Å²) in [5.74, 6) is -0.676. The van der Waals surface area contributed by atoms with E-state index in [1.54, 1.807) is 0 Å². The molecule has 6 heterocycles. The fraction of sp³-hybridized carbons (Fsp3) is 0.955. The van der Waals surface area contributed by atoms with Crippen LogP contribution in [0.15, 0.2) is 11.6 Å². The Morgan fingerprint density at radius 3 is 1.59 bits per heavy atom. The molecule has 10 fully saturated rings. The van der Waals surface area contributed by atoms with Gasteiger partial charge in [0.15, 0.2) is 31.5 Å².